The van der Waals surface area contributed by atoms with Gasteiger partial charge in [0.1, 0.15) is 5.69 Å². The van der Waals surface area contributed by atoms with Gasteiger partial charge in [-0.2, -0.15) is 0 Å². The quantitative estimate of drug-likeness (QED) is 0.601. The van der Waals surface area contributed by atoms with Crippen LogP contribution in [-0.2, 0) is 17.8 Å². The van der Waals surface area contributed by atoms with Crippen molar-refractivity contribution in [2.45, 2.75) is 19.4 Å². The summed E-state index contributed by atoms with van der Waals surface area (Å²) >= 11 is 3.35. The molecule has 1 aliphatic rings. The number of fused-ring (bicyclic) bond motifs is 1. The molecule has 0 saturated heterocycles. The average Bonchev–Trinajstić information content (AvgIpc) is 3.19. The maximum atomic E-state index is 12.6. The van der Waals surface area contributed by atoms with E-state index in [1.165, 1.54) is 0 Å². The predicted octanol–water partition coefficient (Wildman–Crippen LogP) is 3.13. The molecule has 3 aromatic rings. The molecule has 0 fully saturated rings. The Hall–Kier alpha value is -3.20. The van der Waals surface area contributed by atoms with E-state index >= 15 is 0 Å². The van der Waals surface area contributed by atoms with Crippen molar-refractivity contribution in [1.29, 1.82) is 0 Å². The number of para-hydroxylation sites is 1. The van der Waals surface area contributed by atoms with Gasteiger partial charge in [-0.15, -0.1) is 5.10 Å². The Labute approximate surface area is 182 Å². The zero-order valence-corrected chi connectivity index (χ0v) is 17.8. The summed E-state index contributed by atoms with van der Waals surface area (Å²) in [4.78, 5) is 26.3. The number of rotatable bonds is 5. The Morgan fingerprint density at radius 1 is 1.07 bits per heavy atom. The van der Waals surface area contributed by atoms with Crippen molar-refractivity contribution in [3.8, 4) is 5.69 Å². The molecule has 1 aromatic heterocycles. The Bertz CT molecular complexity index is 1040. The SMILES string of the molecule is O=C(NCCC(=O)N1CCc2c(nnn2-c2ccccc2)C1)Nc1ccc(Br)cc1. The molecule has 0 aliphatic carbocycles. The molecule has 4 rings (SSSR count). The number of amides is 3. The van der Waals surface area contributed by atoms with Crippen LogP contribution in [0, 0.1) is 0 Å². The molecule has 0 spiro atoms. The topological polar surface area (TPSA) is 92.2 Å². The van der Waals surface area contributed by atoms with E-state index in [4.69, 9.17) is 0 Å². The predicted molar refractivity (Wildman–Crippen MR) is 116 cm³/mol. The van der Waals surface area contributed by atoms with Crippen molar-refractivity contribution < 1.29 is 9.59 Å². The maximum Gasteiger partial charge on any atom is 0.319 e. The molecule has 0 radical (unpaired) electrons. The molecule has 30 heavy (non-hydrogen) atoms. The summed E-state index contributed by atoms with van der Waals surface area (Å²) in [5.74, 6) is -0.0150. The number of hydrogen-bond donors (Lipinski definition) is 2. The third-order valence-electron chi connectivity index (χ3n) is 4.88. The molecule has 2 N–H and O–H groups in total. The molecule has 2 aromatic carbocycles. The summed E-state index contributed by atoms with van der Waals surface area (Å²) in [5, 5.41) is 14.0. The van der Waals surface area contributed by atoms with E-state index in [0.717, 1.165) is 21.5 Å². The van der Waals surface area contributed by atoms with Crippen LogP contribution < -0.4 is 10.6 Å². The van der Waals surface area contributed by atoms with Gasteiger partial charge < -0.3 is 15.5 Å². The van der Waals surface area contributed by atoms with Gasteiger partial charge in [0, 0.05) is 36.1 Å². The Kier molecular flexibility index (Phi) is 6.08. The average molecular weight is 469 g/mol. The van der Waals surface area contributed by atoms with Crippen LogP contribution in [-0.4, -0.2) is 44.9 Å². The van der Waals surface area contributed by atoms with E-state index in [-0.39, 0.29) is 24.9 Å². The highest BCUT2D eigenvalue weighted by atomic mass is 79.9. The fraction of sp³-hybridized carbons (Fsp3) is 0.238. The van der Waals surface area contributed by atoms with Crippen molar-refractivity contribution in [2.24, 2.45) is 0 Å². The van der Waals surface area contributed by atoms with Crippen molar-refractivity contribution in [2.75, 3.05) is 18.4 Å². The molecule has 0 atom stereocenters. The fourth-order valence-corrected chi connectivity index (χ4v) is 3.61. The summed E-state index contributed by atoms with van der Waals surface area (Å²) in [5.41, 5.74) is 3.51. The molecule has 154 valence electrons. The molecule has 0 unspecified atom stereocenters. The number of hydrogen-bond acceptors (Lipinski definition) is 4. The third-order valence-corrected chi connectivity index (χ3v) is 5.41. The molecule has 9 heteroatoms. The van der Waals surface area contributed by atoms with Crippen LogP contribution in [0.3, 0.4) is 0 Å². The number of halogens is 1. The summed E-state index contributed by atoms with van der Waals surface area (Å²) in [6.07, 6.45) is 0.927. The van der Waals surface area contributed by atoms with Crippen LogP contribution in [0.25, 0.3) is 5.69 Å². The number of carbonyl (C=O) groups is 2. The lowest BCUT2D eigenvalue weighted by Gasteiger charge is -2.26. The minimum absolute atomic E-state index is 0.0150. The van der Waals surface area contributed by atoms with E-state index in [9.17, 15) is 9.59 Å². The van der Waals surface area contributed by atoms with Crippen LogP contribution in [0.15, 0.2) is 59.1 Å². The van der Waals surface area contributed by atoms with Crippen LogP contribution in [0.5, 0.6) is 0 Å². The Balaban J connectivity index is 1.27. The Morgan fingerprint density at radius 3 is 2.60 bits per heavy atom. The van der Waals surface area contributed by atoms with Crippen molar-refractivity contribution in [3.05, 3.63) is 70.5 Å². The number of anilines is 1. The molecule has 1 aliphatic heterocycles. The van der Waals surface area contributed by atoms with Crippen LogP contribution in [0.2, 0.25) is 0 Å². The molecule has 0 saturated carbocycles. The third kappa shape index (κ3) is 4.68. The van der Waals surface area contributed by atoms with E-state index in [1.807, 2.05) is 47.1 Å². The van der Waals surface area contributed by atoms with Crippen molar-refractivity contribution >= 4 is 33.6 Å². The zero-order valence-electron chi connectivity index (χ0n) is 16.2. The van der Waals surface area contributed by atoms with Gasteiger partial charge in [0.05, 0.1) is 17.9 Å². The molecule has 3 amide bonds. The summed E-state index contributed by atoms with van der Waals surface area (Å²) in [6.45, 7) is 1.31. The lowest BCUT2D eigenvalue weighted by molar-refractivity contribution is -0.132. The van der Waals surface area contributed by atoms with E-state index < -0.39 is 0 Å². The first-order valence-corrected chi connectivity index (χ1v) is 10.5. The van der Waals surface area contributed by atoms with Crippen molar-refractivity contribution in [1.82, 2.24) is 25.2 Å². The van der Waals surface area contributed by atoms with Gasteiger partial charge in [0.15, 0.2) is 0 Å². The summed E-state index contributed by atoms with van der Waals surface area (Å²) in [7, 11) is 0. The molecule has 2 heterocycles. The van der Waals surface area contributed by atoms with Gasteiger partial charge in [-0.1, -0.05) is 39.3 Å². The first kappa shape index (κ1) is 20.1. The monoisotopic (exact) mass is 468 g/mol. The van der Waals surface area contributed by atoms with Gasteiger partial charge in [0.25, 0.3) is 0 Å². The Morgan fingerprint density at radius 2 is 1.83 bits per heavy atom. The number of aromatic nitrogens is 3. The minimum Gasteiger partial charge on any atom is -0.337 e. The number of urea groups is 1. The number of nitrogens with one attached hydrogen (secondary N) is 2. The smallest absolute Gasteiger partial charge is 0.319 e. The highest BCUT2D eigenvalue weighted by molar-refractivity contribution is 9.10. The molecule has 0 bridgehead atoms. The largest absolute Gasteiger partial charge is 0.337 e. The van der Waals surface area contributed by atoms with Gasteiger partial charge in [-0.3, -0.25) is 4.79 Å². The van der Waals surface area contributed by atoms with Gasteiger partial charge in [-0.05, 0) is 36.4 Å². The lowest BCUT2D eigenvalue weighted by Crippen LogP contribution is -2.39. The summed E-state index contributed by atoms with van der Waals surface area (Å²) < 4.78 is 2.78. The van der Waals surface area contributed by atoms with Gasteiger partial charge in [-0.25, -0.2) is 9.48 Å². The molecule has 8 nitrogen and oxygen atoms in total. The van der Waals surface area contributed by atoms with Crippen LogP contribution in [0.1, 0.15) is 17.8 Å². The fourth-order valence-electron chi connectivity index (χ4n) is 3.35. The molecular formula is C21H21BrN6O2. The van der Waals surface area contributed by atoms with E-state index in [0.29, 0.717) is 25.2 Å². The zero-order chi connectivity index (χ0) is 20.9. The first-order valence-electron chi connectivity index (χ1n) is 9.67. The standard InChI is InChI=1S/C21H21BrN6O2/c22-15-6-8-16(9-7-15)24-21(30)23-12-10-20(29)27-13-11-19-18(14-27)25-26-28(19)17-4-2-1-3-5-17/h1-9H,10-14H2,(H2,23,24,30). The van der Waals surface area contributed by atoms with Crippen LogP contribution in [0.4, 0.5) is 10.5 Å². The minimum atomic E-state index is -0.336. The van der Waals surface area contributed by atoms with Crippen molar-refractivity contribution in [3.63, 3.8) is 0 Å². The number of nitrogens with zero attached hydrogens (tertiary/aromatic N) is 4. The number of benzene rings is 2. The van der Waals surface area contributed by atoms with Crippen LogP contribution >= 0.6 is 15.9 Å². The second-order valence-electron chi connectivity index (χ2n) is 6.93. The summed E-state index contributed by atoms with van der Waals surface area (Å²) in [6, 6.07) is 16.8. The van der Waals surface area contributed by atoms with E-state index in [2.05, 4.69) is 36.9 Å². The second-order valence-corrected chi connectivity index (χ2v) is 7.85. The first-order chi connectivity index (χ1) is 14.6. The molecular weight excluding hydrogens is 448 g/mol. The number of carbonyl (C=O) groups excluding carboxylic acids is 2. The lowest BCUT2D eigenvalue weighted by atomic mass is 10.1. The highest BCUT2D eigenvalue weighted by Gasteiger charge is 2.25. The normalized spacial score (nSPS) is 12.9. The van der Waals surface area contributed by atoms with Gasteiger partial charge >= 0.3 is 6.03 Å². The van der Waals surface area contributed by atoms with Gasteiger partial charge in [0.2, 0.25) is 5.91 Å². The highest BCUT2D eigenvalue weighted by Crippen LogP contribution is 2.20. The van der Waals surface area contributed by atoms with E-state index in [1.54, 1.807) is 17.0 Å². The second kappa shape index (κ2) is 9.08. The maximum absolute atomic E-state index is 12.6.